The summed E-state index contributed by atoms with van der Waals surface area (Å²) in [6.07, 6.45) is 1.48. The van der Waals surface area contributed by atoms with E-state index in [0.29, 0.717) is 38.1 Å². The van der Waals surface area contributed by atoms with Gasteiger partial charge < -0.3 is 20.6 Å². The number of nitrogens with one attached hydrogen (secondary N) is 1. The number of amides is 1. The highest BCUT2D eigenvalue weighted by molar-refractivity contribution is 7.21. The summed E-state index contributed by atoms with van der Waals surface area (Å²) in [6.45, 7) is 0. The molecule has 0 fully saturated rings. The van der Waals surface area contributed by atoms with Gasteiger partial charge in [0.1, 0.15) is 38.7 Å². The van der Waals surface area contributed by atoms with E-state index in [2.05, 4.69) is 21.4 Å². The predicted molar refractivity (Wildman–Crippen MR) is 133 cm³/mol. The largest absolute Gasteiger partial charge is 0.496 e. The first kappa shape index (κ1) is 21.4. The first-order valence-electron chi connectivity index (χ1n) is 9.87. The second-order valence-corrected chi connectivity index (χ2v) is 8.91. The number of thiazole rings is 1. The zero-order chi connectivity index (χ0) is 23.8. The molecule has 0 spiro atoms. The van der Waals surface area contributed by atoms with Crippen LogP contribution in [0.4, 0.5) is 16.6 Å². The van der Waals surface area contributed by atoms with Gasteiger partial charge in [-0.3, -0.25) is 10.1 Å². The Balaban J connectivity index is 1.53. The number of rotatable bonds is 5. The Labute approximate surface area is 201 Å². The third-order valence-electron chi connectivity index (χ3n) is 5.10. The van der Waals surface area contributed by atoms with Gasteiger partial charge in [0.15, 0.2) is 5.13 Å². The third kappa shape index (κ3) is 3.51. The molecule has 0 atom stereocenters. The van der Waals surface area contributed by atoms with Crippen molar-refractivity contribution in [1.82, 2.24) is 9.97 Å². The maximum Gasteiger partial charge on any atom is 0.269 e. The molecule has 5 N–H and O–H groups in total. The number of nitrogens with two attached hydrogens (primary N) is 2. The van der Waals surface area contributed by atoms with Crippen molar-refractivity contribution < 1.29 is 13.9 Å². The number of anilines is 3. The van der Waals surface area contributed by atoms with Gasteiger partial charge in [0.25, 0.3) is 5.91 Å². The number of thiophene rings is 1. The first-order valence-corrected chi connectivity index (χ1v) is 11.6. The van der Waals surface area contributed by atoms with Crippen LogP contribution in [0.2, 0.25) is 0 Å². The number of benzene rings is 1. The van der Waals surface area contributed by atoms with Crippen LogP contribution >= 0.6 is 22.7 Å². The first-order chi connectivity index (χ1) is 16.5. The Morgan fingerprint density at radius 1 is 1.21 bits per heavy atom. The molecule has 11 heteroatoms. The average molecular weight is 489 g/mol. The molecule has 34 heavy (non-hydrogen) atoms. The molecule has 5 rings (SSSR count). The van der Waals surface area contributed by atoms with E-state index in [4.69, 9.17) is 20.6 Å². The molecule has 0 radical (unpaired) electrons. The van der Waals surface area contributed by atoms with E-state index in [-0.39, 0.29) is 21.9 Å². The number of hydrogen-bond donors (Lipinski definition) is 3. The van der Waals surface area contributed by atoms with E-state index < -0.39 is 5.91 Å². The summed E-state index contributed by atoms with van der Waals surface area (Å²) in [7, 11) is 1.59. The van der Waals surface area contributed by atoms with Gasteiger partial charge in [0.05, 0.1) is 30.3 Å². The van der Waals surface area contributed by atoms with Crippen molar-refractivity contribution in [3.8, 4) is 34.4 Å². The molecule has 4 aromatic heterocycles. The number of nitrogen functional groups attached to an aromatic ring is 2. The lowest BCUT2D eigenvalue weighted by molar-refractivity contribution is 0.103. The summed E-state index contributed by atoms with van der Waals surface area (Å²) >= 11 is 2.36. The number of aromatic nitrogens is 2. The minimum atomic E-state index is -0.441. The number of fused-ring (bicyclic) bond motifs is 1. The Kier molecular flexibility index (Phi) is 5.37. The molecule has 0 aliphatic heterocycles. The number of carbonyl (C=O) groups excluding carboxylic acids is 1. The van der Waals surface area contributed by atoms with Crippen molar-refractivity contribution in [2.45, 2.75) is 0 Å². The molecule has 1 amide bonds. The maximum absolute atomic E-state index is 13.1. The molecule has 9 nitrogen and oxygen atoms in total. The topological polar surface area (TPSA) is 153 Å². The van der Waals surface area contributed by atoms with E-state index in [1.54, 1.807) is 19.2 Å². The van der Waals surface area contributed by atoms with E-state index in [0.717, 1.165) is 16.9 Å². The van der Waals surface area contributed by atoms with Gasteiger partial charge in [-0.25, -0.2) is 9.97 Å². The van der Waals surface area contributed by atoms with Gasteiger partial charge in [0.2, 0.25) is 0 Å². The standard InChI is InChI=1S/C23H16N6O3S2/c1-31-14-6-3-2-5-11(14)13-10-33-23(27-13)29-21(30)19-18(25)17-16(15-7-4-8-32-15)12(9-24)20(26)28-22(17)34-19/h2-8,10H,25H2,1H3,(H2,26,28)(H,27,29,30). The fraction of sp³-hybridized carbons (Fsp3) is 0.0435. The lowest BCUT2D eigenvalue weighted by Gasteiger charge is -2.06. The lowest BCUT2D eigenvalue weighted by Crippen LogP contribution is -2.11. The van der Waals surface area contributed by atoms with Crippen molar-refractivity contribution in [2.24, 2.45) is 0 Å². The van der Waals surface area contributed by atoms with E-state index in [9.17, 15) is 10.1 Å². The maximum atomic E-state index is 13.1. The fourth-order valence-corrected chi connectivity index (χ4v) is 5.30. The number of carbonyl (C=O) groups is 1. The summed E-state index contributed by atoms with van der Waals surface area (Å²) in [5.41, 5.74) is 14.6. The third-order valence-corrected chi connectivity index (χ3v) is 6.95. The Hall–Kier alpha value is -4.40. The summed E-state index contributed by atoms with van der Waals surface area (Å²) in [4.78, 5) is 22.6. The van der Waals surface area contributed by atoms with Crippen LogP contribution in [0, 0.1) is 11.3 Å². The number of ether oxygens (including phenoxy) is 1. The van der Waals surface area contributed by atoms with Crippen molar-refractivity contribution in [1.29, 1.82) is 5.26 Å². The summed E-state index contributed by atoms with van der Waals surface area (Å²) in [5.74, 6) is 0.690. The monoisotopic (exact) mass is 488 g/mol. The molecule has 0 saturated carbocycles. The molecule has 0 aliphatic carbocycles. The quantitative estimate of drug-likeness (QED) is 0.313. The minimum absolute atomic E-state index is 0.0379. The lowest BCUT2D eigenvalue weighted by atomic mass is 10.0. The number of hydrogen-bond acceptors (Lipinski definition) is 10. The van der Waals surface area contributed by atoms with Crippen LogP contribution in [0.1, 0.15) is 15.2 Å². The Morgan fingerprint density at radius 2 is 2.03 bits per heavy atom. The van der Waals surface area contributed by atoms with E-state index in [1.807, 2.05) is 29.6 Å². The normalized spacial score (nSPS) is 10.8. The van der Waals surface area contributed by atoms with Crippen molar-refractivity contribution in [2.75, 3.05) is 23.9 Å². The van der Waals surface area contributed by atoms with E-state index >= 15 is 0 Å². The van der Waals surface area contributed by atoms with Crippen molar-refractivity contribution in [3.63, 3.8) is 0 Å². The molecule has 4 heterocycles. The van der Waals surface area contributed by atoms with Gasteiger partial charge >= 0.3 is 0 Å². The molecule has 0 bridgehead atoms. The van der Waals surface area contributed by atoms with Gasteiger partial charge in [-0.15, -0.1) is 22.7 Å². The van der Waals surface area contributed by atoms with Crippen LogP contribution in [0.15, 0.2) is 52.5 Å². The van der Waals surface area contributed by atoms with Gasteiger partial charge in [-0.05, 0) is 24.3 Å². The summed E-state index contributed by atoms with van der Waals surface area (Å²) in [5, 5.41) is 15.1. The average Bonchev–Trinajstić information content (AvgIpc) is 3.59. The van der Waals surface area contributed by atoms with Crippen molar-refractivity contribution >= 4 is 55.4 Å². The van der Waals surface area contributed by atoms with E-state index in [1.165, 1.54) is 17.6 Å². The van der Waals surface area contributed by atoms with Crippen LogP contribution in [0.25, 0.3) is 32.8 Å². The molecule has 0 aliphatic rings. The smallest absolute Gasteiger partial charge is 0.269 e. The highest BCUT2D eigenvalue weighted by Gasteiger charge is 2.26. The Bertz CT molecular complexity index is 1580. The zero-order valence-electron chi connectivity index (χ0n) is 17.7. The highest BCUT2D eigenvalue weighted by atomic mass is 32.1. The number of para-hydroxylation sites is 1. The number of pyridine rings is 1. The molecule has 168 valence electrons. The highest BCUT2D eigenvalue weighted by Crippen LogP contribution is 2.43. The van der Waals surface area contributed by atoms with Gasteiger partial charge in [0, 0.05) is 16.3 Å². The molecule has 1 aromatic carbocycles. The van der Waals surface area contributed by atoms with Crippen LogP contribution in [0.5, 0.6) is 5.75 Å². The van der Waals surface area contributed by atoms with Gasteiger partial charge in [-0.2, -0.15) is 5.26 Å². The number of furan rings is 1. The molecule has 0 saturated heterocycles. The SMILES string of the molecule is COc1ccccc1-c1csc(NC(=O)c2sc3nc(N)c(C#N)c(-c4ccco4)c3c2N)n1. The summed E-state index contributed by atoms with van der Waals surface area (Å²) in [6, 6.07) is 12.9. The zero-order valence-corrected chi connectivity index (χ0v) is 19.3. The minimum Gasteiger partial charge on any atom is -0.496 e. The molecule has 0 unspecified atom stereocenters. The fourth-order valence-electron chi connectivity index (χ4n) is 3.58. The van der Waals surface area contributed by atoms with Gasteiger partial charge in [-0.1, -0.05) is 12.1 Å². The van der Waals surface area contributed by atoms with Crippen molar-refractivity contribution in [3.05, 3.63) is 58.5 Å². The number of nitrogens with zero attached hydrogens (tertiary/aromatic N) is 3. The van der Waals surface area contributed by atoms with Crippen LogP contribution in [-0.2, 0) is 0 Å². The second-order valence-electron chi connectivity index (χ2n) is 7.05. The van der Waals surface area contributed by atoms with Crippen LogP contribution in [-0.4, -0.2) is 23.0 Å². The molecular formula is C23H16N6O3S2. The molecular weight excluding hydrogens is 472 g/mol. The number of methoxy groups -OCH3 is 1. The Morgan fingerprint density at radius 3 is 2.76 bits per heavy atom. The van der Waals surface area contributed by atoms with Crippen LogP contribution < -0.4 is 21.5 Å². The number of nitriles is 1. The van der Waals surface area contributed by atoms with Crippen LogP contribution in [0.3, 0.4) is 0 Å². The second kappa shape index (κ2) is 8.51. The molecule has 5 aromatic rings. The summed E-state index contributed by atoms with van der Waals surface area (Å²) < 4.78 is 10.9. The predicted octanol–water partition coefficient (Wildman–Crippen LogP) is 4.98.